The molecule has 0 spiro atoms. The lowest BCUT2D eigenvalue weighted by Gasteiger charge is -2.27. The molecular formula is C16H34O2P+. The van der Waals surface area contributed by atoms with E-state index in [-0.39, 0.29) is 5.97 Å². The van der Waals surface area contributed by atoms with Gasteiger partial charge in [0.15, 0.2) is 0 Å². The number of unbranched alkanes of at least 4 members (excludes halogenated alkanes) is 3. The van der Waals surface area contributed by atoms with E-state index in [0.29, 0.717) is 6.61 Å². The number of hydrogen-bond donors (Lipinski definition) is 0. The third-order valence-electron chi connectivity index (χ3n) is 3.83. The summed E-state index contributed by atoms with van der Waals surface area (Å²) in [4.78, 5) is 11.0. The van der Waals surface area contributed by atoms with Crippen LogP contribution in [0.4, 0.5) is 0 Å². The molecule has 0 aliphatic rings. The van der Waals surface area contributed by atoms with Crippen molar-refractivity contribution >= 4 is 13.2 Å². The van der Waals surface area contributed by atoms with Crippen LogP contribution in [0.5, 0.6) is 0 Å². The van der Waals surface area contributed by atoms with E-state index in [9.17, 15) is 4.79 Å². The van der Waals surface area contributed by atoms with Gasteiger partial charge in [-0.3, -0.25) is 4.79 Å². The molecular weight excluding hydrogens is 255 g/mol. The average molecular weight is 289 g/mol. The maximum Gasteiger partial charge on any atom is 0.302 e. The molecule has 0 fully saturated rings. The van der Waals surface area contributed by atoms with Gasteiger partial charge in [-0.15, -0.1) is 0 Å². The molecule has 0 unspecified atom stereocenters. The summed E-state index contributed by atoms with van der Waals surface area (Å²) in [5, 5.41) is 0. The first-order valence-corrected chi connectivity index (χ1v) is 10.6. The fraction of sp³-hybridized carbons (Fsp3) is 0.938. The molecule has 0 aromatic heterocycles. The fourth-order valence-corrected chi connectivity index (χ4v) is 7.32. The highest BCUT2D eigenvalue weighted by molar-refractivity contribution is 7.75. The van der Waals surface area contributed by atoms with Crippen molar-refractivity contribution in [2.75, 3.05) is 31.3 Å². The van der Waals surface area contributed by atoms with E-state index in [1.54, 1.807) is 0 Å². The number of esters is 1. The summed E-state index contributed by atoms with van der Waals surface area (Å²) in [7, 11) is -0.879. The second-order valence-electron chi connectivity index (χ2n) is 5.64. The monoisotopic (exact) mass is 289 g/mol. The Morgan fingerprint density at radius 1 is 0.842 bits per heavy atom. The maximum absolute atomic E-state index is 11.0. The first kappa shape index (κ1) is 18.9. The van der Waals surface area contributed by atoms with Gasteiger partial charge >= 0.3 is 5.97 Å². The summed E-state index contributed by atoms with van der Waals surface area (Å²) >= 11 is 0. The minimum atomic E-state index is -0.879. The molecule has 2 nitrogen and oxygen atoms in total. The van der Waals surface area contributed by atoms with Crippen LogP contribution in [-0.2, 0) is 9.53 Å². The van der Waals surface area contributed by atoms with Crippen LogP contribution in [0.3, 0.4) is 0 Å². The Labute approximate surface area is 121 Å². The van der Waals surface area contributed by atoms with Crippen molar-refractivity contribution < 1.29 is 9.53 Å². The van der Waals surface area contributed by atoms with E-state index in [1.807, 2.05) is 0 Å². The minimum absolute atomic E-state index is 0.125. The molecule has 0 N–H and O–H groups in total. The van der Waals surface area contributed by atoms with Crippen LogP contribution in [0.25, 0.3) is 0 Å². The number of rotatable bonds is 12. The third-order valence-corrected chi connectivity index (χ3v) is 8.75. The predicted molar refractivity (Wildman–Crippen MR) is 87.7 cm³/mol. The second kappa shape index (κ2) is 11.7. The highest BCUT2D eigenvalue weighted by atomic mass is 31.2. The molecule has 0 saturated carbocycles. The lowest BCUT2D eigenvalue weighted by Crippen LogP contribution is -2.17. The Balaban J connectivity index is 4.51. The quantitative estimate of drug-likeness (QED) is 0.374. The molecule has 0 aromatic carbocycles. The van der Waals surface area contributed by atoms with Crippen molar-refractivity contribution in [2.24, 2.45) is 0 Å². The lowest BCUT2D eigenvalue weighted by molar-refractivity contribution is -0.140. The number of carbonyl (C=O) groups excluding carboxylic acids is 1. The second-order valence-corrected chi connectivity index (χ2v) is 10.1. The van der Waals surface area contributed by atoms with Gasteiger partial charge in [0.05, 0.1) is 24.6 Å². The molecule has 114 valence electrons. The lowest BCUT2D eigenvalue weighted by atomic mass is 10.4. The van der Waals surface area contributed by atoms with Crippen LogP contribution in [-0.4, -0.2) is 37.2 Å². The van der Waals surface area contributed by atoms with E-state index in [4.69, 9.17) is 4.74 Å². The van der Waals surface area contributed by atoms with Gasteiger partial charge in [0.2, 0.25) is 0 Å². The van der Waals surface area contributed by atoms with Gasteiger partial charge in [-0.2, -0.15) is 0 Å². The van der Waals surface area contributed by atoms with Crippen LogP contribution in [0.2, 0.25) is 0 Å². The van der Waals surface area contributed by atoms with Crippen LogP contribution in [0, 0.1) is 0 Å². The average Bonchev–Trinajstić information content (AvgIpc) is 2.39. The normalized spacial score (nSPS) is 11.6. The zero-order valence-corrected chi connectivity index (χ0v) is 14.4. The smallest absolute Gasteiger partial charge is 0.302 e. The van der Waals surface area contributed by atoms with Gasteiger partial charge in [0, 0.05) is 14.2 Å². The minimum Gasteiger partial charge on any atom is -0.462 e. The molecule has 0 aliphatic carbocycles. The summed E-state index contributed by atoms with van der Waals surface area (Å²) in [6, 6.07) is 0. The molecule has 0 radical (unpaired) electrons. The Hall–Kier alpha value is -0.100. The summed E-state index contributed by atoms with van der Waals surface area (Å²) in [5.41, 5.74) is 0. The zero-order valence-electron chi connectivity index (χ0n) is 13.5. The molecule has 3 heteroatoms. The number of ether oxygens (including phenoxy) is 1. The Morgan fingerprint density at radius 2 is 1.26 bits per heavy atom. The molecule has 0 heterocycles. The van der Waals surface area contributed by atoms with E-state index in [2.05, 4.69) is 20.8 Å². The van der Waals surface area contributed by atoms with E-state index in [1.165, 1.54) is 63.9 Å². The van der Waals surface area contributed by atoms with Crippen LogP contribution in [0.1, 0.15) is 66.2 Å². The van der Waals surface area contributed by atoms with Gasteiger partial charge in [-0.25, -0.2) is 0 Å². The molecule has 0 rings (SSSR count). The third kappa shape index (κ3) is 9.44. The van der Waals surface area contributed by atoms with Crippen LogP contribution in [0.15, 0.2) is 0 Å². The Kier molecular flexibility index (Phi) is 11.6. The number of hydrogen-bond acceptors (Lipinski definition) is 2. The molecule has 19 heavy (non-hydrogen) atoms. The van der Waals surface area contributed by atoms with Gasteiger partial charge in [-0.05, 0) is 19.3 Å². The number of carbonyl (C=O) groups is 1. The highest BCUT2D eigenvalue weighted by Crippen LogP contribution is 2.60. The van der Waals surface area contributed by atoms with Crippen molar-refractivity contribution in [3.63, 3.8) is 0 Å². The van der Waals surface area contributed by atoms with Gasteiger partial charge < -0.3 is 4.74 Å². The summed E-state index contributed by atoms with van der Waals surface area (Å²) in [6.07, 6.45) is 13.3. The van der Waals surface area contributed by atoms with Crippen molar-refractivity contribution in [3.8, 4) is 0 Å². The van der Waals surface area contributed by atoms with E-state index < -0.39 is 7.26 Å². The van der Waals surface area contributed by atoms with Crippen molar-refractivity contribution in [1.29, 1.82) is 0 Å². The standard InChI is InChI=1S/C16H34O2P/c1-5-8-12-19(13-9-6-2,14-10-7-3)15-11-18-16(4)17/h5-15H2,1-4H3/q+1. The first-order valence-electron chi connectivity index (χ1n) is 8.08. The topological polar surface area (TPSA) is 26.3 Å². The van der Waals surface area contributed by atoms with Crippen molar-refractivity contribution in [3.05, 3.63) is 0 Å². The summed E-state index contributed by atoms with van der Waals surface area (Å²) in [6.45, 7) is 9.01. The molecule has 0 saturated heterocycles. The van der Waals surface area contributed by atoms with E-state index in [0.717, 1.165) is 6.16 Å². The fourth-order valence-electron chi connectivity index (χ4n) is 2.53. The van der Waals surface area contributed by atoms with Crippen molar-refractivity contribution in [2.45, 2.75) is 66.2 Å². The highest BCUT2D eigenvalue weighted by Gasteiger charge is 2.35. The maximum atomic E-state index is 11.0. The Morgan fingerprint density at radius 3 is 1.58 bits per heavy atom. The molecule has 0 bridgehead atoms. The molecule has 0 aliphatic heterocycles. The predicted octanol–water partition coefficient (Wildman–Crippen LogP) is 4.97. The Bertz CT molecular complexity index is 207. The van der Waals surface area contributed by atoms with Gasteiger partial charge in [-0.1, -0.05) is 40.0 Å². The van der Waals surface area contributed by atoms with Crippen molar-refractivity contribution in [1.82, 2.24) is 0 Å². The zero-order chi connectivity index (χ0) is 14.6. The molecule has 0 atom stereocenters. The SMILES string of the molecule is CCCC[P+](CCCC)(CCCC)CCOC(C)=O. The van der Waals surface area contributed by atoms with Gasteiger partial charge in [0.25, 0.3) is 0 Å². The largest absolute Gasteiger partial charge is 0.462 e. The van der Waals surface area contributed by atoms with E-state index >= 15 is 0 Å². The van der Waals surface area contributed by atoms with Gasteiger partial charge in [0.1, 0.15) is 6.61 Å². The van der Waals surface area contributed by atoms with Crippen LogP contribution >= 0.6 is 7.26 Å². The summed E-state index contributed by atoms with van der Waals surface area (Å²) < 4.78 is 5.23. The first-order chi connectivity index (χ1) is 9.10. The molecule has 0 aromatic rings. The molecule has 0 amide bonds. The summed E-state index contributed by atoms with van der Waals surface area (Å²) in [5.74, 6) is -0.125. The van der Waals surface area contributed by atoms with Crippen LogP contribution < -0.4 is 0 Å².